The molecule has 1 aliphatic rings. The van der Waals surface area contributed by atoms with E-state index in [9.17, 15) is 35.0 Å². The van der Waals surface area contributed by atoms with Gasteiger partial charge in [-0.05, 0) is 48.5 Å². The van der Waals surface area contributed by atoms with Crippen LogP contribution in [-0.2, 0) is 0 Å². The van der Waals surface area contributed by atoms with Gasteiger partial charge in [0, 0.05) is 6.07 Å². The molecule has 34 heavy (non-hydrogen) atoms. The summed E-state index contributed by atoms with van der Waals surface area (Å²) in [7, 11) is 0. The number of carbonyl (C=O) groups is 2. The summed E-state index contributed by atoms with van der Waals surface area (Å²) in [5.74, 6) is -2.41. The summed E-state index contributed by atoms with van der Waals surface area (Å²) in [6.45, 7) is 0. The molecule has 3 aromatic rings. The molecule has 1 heterocycles. The number of nitrogens with zero attached hydrogens (tertiary/aromatic N) is 5. The molecule has 0 radical (unpaired) electrons. The Bertz CT molecular complexity index is 1340. The molecular weight excluding hydrogens is 454 g/mol. The molecule has 3 N–H and O–H groups in total. The number of carboxylic acid groups (broad SMARTS) is 2. The van der Waals surface area contributed by atoms with Gasteiger partial charge in [0.1, 0.15) is 5.69 Å². The Morgan fingerprint density at radius 2 is 1.26 bits per heavy atom. The first-order chi connectivity index (χ1) is 16.1. The van der Waals surface area contributed by atoms with E-state index >= 15 is 0 Å². The van der Waals surface area contributed by atoms with Gasteiger partial charge in [-0.15, -0.1) is 5.17 Å². The van der Waals surface area contributed by atoms with Gasteiger partial charge in [0.15, 0.2) is 5.69 Å². The van der Waals surface area contributed by atoms with Gasteiger partial charge < -0.3 is 10.2 Å². The Hall–Kier alpha value is -5.24. The molecule has 3 aromatic carbocycles. The van der Waals surface area contributed by atoms with Crippen LogP contribution in [0.25, 0.3) is 0 Å². The van der Waals surface area contributed by atoms with Crippen LogP contribution in [0.15, 0.2) is 60.7 Å². The van der Waals surface area contributed by atoms with Crippen molar-refractivity contribution in [3.8, 4) is 0 Å². The van der Waals surface area contributed by atoms with Crippen LogP contribution in [0.4, 0.5) is 34.1 Å². The molecule has 0 atom stereocenters. The fourth-order valence-electron chi connectivity index (χ4n) is 3.43. The number of hydrogen-bond acceptors (Lipinski definition) is 10. The minimum Gasteiger partial charge on any atom is -0.478 e. The van der Waals surface area contributed by atoms with E-state index in [1.54, 1.807) is 0 Å². The van der Waals surface area contributed by atoms with Crippen molar-refractivity contribution in [2.75, 3.05) is 15.3 Å². The van der Waals surface area contributed by atoms with Crippen molar-refractivity contribution in [1.82, 2.24) is 0 Å². The second kappa shape index (κ2) is 8.03. The van der Waals surface area contributed by atoms with Crippen LogP contribution in [-0.4, -0.2) is 37.2 Å². The number of fused-ring (bicyclic) bond motifs is 1. The van der Waals surface area contributed by atoms with Crippen molar-refractivity contribution in [3.05, 3.63) is 92.0 Å². The minimum absolute atomic E-state index is 0.0658. The lowest BCUT2D eigenvalue weighted by atomic mass is 10.1. The van der Waals surface area contributed by atoms with Gasteiger partial charge in [-0.3, -0.25) is 25.4 Å². The molecule has 0 bridgehead atoms. The zero-order valence-corrected chi connectivity index (χ0v) is 16.8. The van der Waals surface area contributed by atoms with E-state index in [4.69, 9.17) is 10.2 Å². The van der Waals surface area contributed by atoms with Crippen LogP contribution in [0.3, 0.4) is 0 Å². The lowest BCUT2D eigenvalue weighted by Crippen LogP contribution is -2.45. The molecule has 0 amide bonds. The highest BCUT2D eigenvalue weighted by atomic mass is 16.6. The molecule has 0 spiro atoms. The highest BCUT2D eigenvalue weighted by Gasteiger charge is 2.43. The maximum atomic E-state index is 11.8. The summed E-state index contributed by atoms with van der Waals surface area (Å²) in [6, 6.07) is 11.9. The monoisotopic (exact) mass is 467 g/mol. The molecular formula is C20H13N5O9. The van der Waals surface area contributed by atoms with Crippen LogP contribution in [0.5, 0.6) is 0 Å². The van der Waals surface area contributed by atoms with Crippen molar-refractivity contribution in [1.29, 1.82) is 0 Å². The molecule has 0 aromatic heterocycles. The van der Waals surface area contributed by atoms with Crippen molar-refractivity contribution in [2.45, 2.75) is 0 Å². The Kier molecular flexibility index (Phi) is 5.19. The van der Waals surface area contributed by atoms with E-state index in [-0.39, 0.29) is 33.9 Å². The molecule has 0 saturated heterocycles. The first-order valence-electron chi connectivity index (χ1n) is 9.32. The summed E-state index contributed by atoms with van der Waals surface area (Å²) in [5, 5.41) is 55.0. The van der Waals surface area contributed by atoms with Crippen molar-refractivity contribution in [3.63, 3.8) is 0 Å². The largest absolute Gasteiger partial charge is 0.478 e. The molecule has 14 heteroatoms. The van der Waals surface area contributed by atoms with Crippen LogP contribution < -0.4 is 15.3 Å². The summed E-state index contributed by atoms with van der Waals surface area (Å²) in [4.78, 5) is 43.9. The normalized spacial score (nSPS) is 12.4. The lowest BCUT2D eigenvalue weighted by molar-refractivity contribution is -0.393. The van der Waals surface area contributed by atoms with E-state index in [2.05, 4.69) is 0 Å². The average molecular weight is 467 g/mol. The Morgan fingerprint density at radius 1 is 0.765 bits per heavy atom. The number of benzene rings is 3. The molecule has 14 nitrogen and oxygen atoms in total. The number of rotatable bonds is 6. The number of nitro benzene ring substituents is 2. The number of hydrazine groups is 2. The molecule has 0 unspecified atom stereocenters. The van der Waals surface area contributed by atoms with E-state index in [1.807, 2.05) is 0 Å². The molecule has 172 valence electrons. The van der Waals surface area contributed by atoms with E-state index in [1.165, 1.54) is 48.5 Å². The van der Waals surface area contributed by atoms with Crippen molar-refractivity contribution < 1.29 is 34.9 Å². The second-order valence-electron chi connectivity index (χ2n) is 6.94. The van der Waals surface area contributed by atoms with E-state index < -0.39 is 33.2 Å². The number of carboxylic acids is 2. The first-order valence-corrected chi connectivity index (χ1v) is 9.32. The highest BCUT2D eigenvalue weighted by molar-refractivity contribution is 5.95. The molecule has 4 rings (SSSR count). The van der Waals surface area contributed by atoms with Crippen LogP contribution >= 0.6 is 0 Å². The summed E-state index contributed by atoms with van der Waals surface area (Å²) < 4.78 is 0. The van der Waals surface area contributed by atoms with Gasteiger partial charge >= 0.3 is 17.6 Å². The predicted molar refractivity (Wildman–Crippen MR) is 115 cm³/mol. The third kappa shape index (κ3) is 3.55. The first kappa shape index (κ1) is 22.0. The maximum absolute atomic E-state index is 11.8. The van der Waals surface area contributed by atoms with Crippen LogP contribution in [0.2, 0.25) is 0 Å². The zero-order chi connectivity index (χ0) is 24.7. The number of non-ortho nitro benzene ring substituents is 1. The van der Waals surface area contributed by atoms with Crippen LogP contribution in [0.1, 0.15) is 20.7 Å². The fraction of sp³-hybridized carbons (Fsp3) is 0. The van der Waals surface area contributed by atoms with Gasteiger partial charge in [-0.1, -0.05) is 0 Å². The summed E-state index contributed by atoms with van der Waals surface area (Å²) in [6.07, 6.45) is 0. The van der Waals surface area contributed by atoms with Crippen molar-refractivity contribution in [2.24, 2.45) is 0 Å². The molecule has 0 saturated carbocycles. The number of hydrogen-bond donors (Lipinski definition) is 3. The van der Waals surface area contributed by atoms with Gasteiger partial charge in [-0.25, -0.2) is 14.6 Å². The third-order valence-electron chi connectivity index (χ3n) is 4.96. The highest BCUT2D eigenvalue weighted by Crippen LogP contribution is 2.51. The quantitative estimate of drug-likeness (QED) is 0.353. The zero-order valence-electron chi connectivity index (χ0n) is 16.8. The van der Waals surface area contributed by atoms with Gasteiger partial charge in [0.25, 0.3) is 5.69 Å². The second-order valence-corrected chi connectivity index (χ2v) is 6.94. The molecule has 1 aliphatic heterocycles. The SMILES string of the molecule is O=C(O)c1ccc(N2c3c(cc([N+](=O)[O-])cc3[N+](=O)[O-])N(O)N2c2ccc(C(=O)O)cc2)cc1. The summed E-state index contributed by atoms with van der Waals surface area (Å²) >= 11 is 0. The lowest BCUT2D eigenvalue weighted by Gasteiger charge is -2.33. The number of aromatic carboxylic acids is 2. The Labute approximate surface area is 188 Å². The Balaban J connectivity index is 1.96. The van der Waals surface area contributed by atoms with Crippen molar-refractivity contribution >= 4 is 46.1 Å². The molecule has 0 fully saturated rings. The minimum atomic E-state index is -1.21. The topological polar surface area (TPSA) is 191 Å². The standard InChI is InChI=1S/C20H13N5O9/c26-19(27)11-1-5-13(6-2-11)21-18-16(9-15(24(31)32)10-17(18)25(33)34)23(30)22(21)14-7-3-12(4-8-14)20(28)29/h1-10,30H,(H,26,27)(H,28,29). The maximum Gasteiger partial charge on any atom is 0.335 e. The van der Waals surface area contributed by atoms with E-state index in [0.717, 1.165) is 22.3 Å². The number of anilines is 4. The molecule has 0 aliphatic carbocycles. The number of nitro groups is 2. The Morgan fingerprint density at radius 3 is 1.71 bits per heavy atom. The van der Waals surface area contributed by atoms with Gasteiger partial charge in [0.05, 0.1) is 38.4 Å². The smallest absolute Gasteiger partial charge is 0.335 e. The third-order valence-corrected chi connectivity index (χ3v) is 4.96. The van der Waals surface area contributed by atoms with Gasteiger partial charge in [0.2, 0.25) is 0 Å². The fourth-order valence-corrected chi connectivity index (χ4v) is 3.43. The van der Waals surface area contributed by atoms with Crippen LogP contribution in [0, 0.1) is 20.2 Å². The summed E-state index contributed by atoms with van der Waals surface area (Å²) in [5.41, 5.74) is -1.70. The predicted octanol–water partition coefficient (Wildman–Crippen LogP) is 3.58. The average Bonchev–Trinajstić information content (AvgIpc) is 3.10. The van der Waals surface area contributed by atoms with E-state index in [0.29, 0.717) is 5.17 Å². The van der Waals surface area contributed by atoms with Gasteiger partial charge in [-0.2, -0.15) is 5.12 Å².